The van der Waals surface area contributed by atoms with Crippen LogP contribution in [-0.2, 0) is 20.9 Å². The molecule has 0 aromatic rings. The van der Waals surface area contributed by atoms with Crippen molar-refractivity contribution in [2.45, 2.75) is 44.8 Å². The first-order valence-electron chi connectivity index (χ1n) is 5.84. The van der Waals surface area contributed by atoms with Crippen molar-refractivity contribution in [3.63, 3.8) is 0 Å². The summed E-state index contributed by atoms with van der Waals surface area (Å²) < 4.78 is 18.2. The number of hydrogen-bond donors (Lipinski definition) is 0. The van der Waals surface area contributed by atoms with E-state index >= 15 is 0 Å². The van der Waals surface area contributed by atoms with E-state index in [9.17, 15) is 9.35 Å². The van der Waals surface area contributed by atoms with Gasteiger partial charge in [-0.3, -0.25) is 0 Å². The SMILES string of the molecule is CCOC(=O)C(C)(C)[S+]([O-])N1CCCCC1. The first-order valence-corrected chi connectivity index (χ1v) is 6.95. The average Bonchev–Trinajstić information content (AvgIpc) is 2.29. The molecule has 0 radical (unpaired) electrons. The number of carbonyl (C=O) groups excluding carboxylic acids is 1. The topological polar surface area (TPSA) is 52.6 Å². The summed E-state index contributed by atoms with van der Waals surface area (Å²) in [6.45, 7) is 7.10. The van der Waals surface area contributed by atoms with Crippen LogP contribution in [0.15, 0.2) is 0 Å². The lowest BCUT2D eigenvalue weighted by atomic mass is 10.2. The molecule has 1 atom stereocenters. The van der Waals surface area contributed by atoms with E-state index in [1.54, 1.807) is 20.8 Å². The van der Waals surface area contributed by atoms with Crippen LogP contribution in [0, 0.1) is 0 Å². The van der Waals surface area contributed by atoms with Gasteiger partial charge in [-0.2, -0.15) is 0 Å². The Morgan fingerprint density at radius 3 is 2.44 bits per heavy atom. The Hall–Kier alpha value is -0.260. The Morgan fingerprint density at radius 1 is 1.38 bits per heavy atom. The van der Waals surface area contributed by atoms with E-state index in [0.29, 0.717) is 6.61 Å². The molecule has 1 saturated heterocycles. The van der Waals surface area contributed by atoms with Gasteiger partial charge in [-0.05, 0) is 33.6 Å². The first kappa shape index (κ1) is 13.8. The lowest BCUT2D eigenvalue weighted by molar-refractivity contribution is -0.145. The zero-order valence-corrected chi connectivity index (χ0v) is 11.1. The first-order chi connectivity index (χ1) is 7.50. The second-order valence-electron chi connectivity index (χ2n) is 4.47. The normalized spacial score (nSPS) is 20.5. The van der Waals surface area contributed by atoms with Crippen molar-refractivity contribution in [3.8, 4) is 0 Å². The molecule has 1 heterocycles. The molecule has 5 heteroatoms. The van der Waals surface area contributed by atoms with Gasteiger partial charge in [0.15, 0.2) is 0 Å². The summed E-state index contributed by atoms with van der Waals surface area (Å²) in [6, 6.07) is 0. The van der Waals surface area contributed by atoms with Gasteiger partial charge in [0.2, 0.25) is 4.75 Å². The Kier molecular flexibility index (Phi) is 5.08. The van der Waals surface area contributed by atoms with E-state index in [2.05, 4.69) is 0 Å². The molecule has 94 valence electrons. The van der Waals surface area contributed by atoms with Gasteiger partial charge in [-0.15, -0.1) is 4.31 Å². The van der Waals surface area contributed by atoms with Crippen LogP contribution in [0.25, 0.3) is 0 Å². The second-order valence-corrected chi connectivity index (χ2v) is 6.50. The Labute approximate surface area is 101 Å². The fraction of sp³-hybridized carbons (Fsp3) is 0.909. The molecule has 0 spiro atoms. The highest BCUT2D eigenvalue weighted by Crippen LogP contribution is 2.25. The lowest BCUT2D eigenvalue weighted by Crippen LogP contribution is -2.51. The third-order valence-electron chi connectivity index (χ3n) is 2.75. The highest BCUT2D eigenvalue weighted by molar-refractivity contribution is 7.91. The van der Waals surface area contributed by atoms with Gasteiger partial charge in [0, 0.05) is 13.1 Å². The van der Waals surface area contributed by atoms with Gasteiger partial charge in [-0.1, -0.05) is 6.42 Å². The van der Waals surface area contributed by atoms with Crippen LogP contribution in [0.4, 0.5) is 0 Å². The lowest BCUT2D eigenvalue weighted by Gasteiger charge is -2.34. The van der Waals surface area contributed by atoms with Crippen LogP contribution in [0.2, 0.25) is 0 Å². The number of carbonyl (C=O) groups is 1. The molecule has 0 amide bonds. The third-order valence-corrected chi connectivity index (χ3v) is 4.63. The average molecular weight is 247 g/mol. The Bertz CT molecular complexity index is 239. The second kappa shape index (κ2) is 5.89. The quantitative estimate of drug-likeness (QED) is 0.558. The smallest absolute Gasteiger partial charge is 0.364 e. The van der Waals surface area contributed by atoms with Crippen LogP contribution < -0.4 is 0 Å². The maximum absolute atomic E-state index is 12.3. The molecule has 0 saturated carbocycles. The van der Waals surface area contributed by atoms with Crippen LogP contribution in [-0.4, -0.2) is 39.3 Å². The zero-order chi connectivity index (χ0) is 12.2. The Morgan fingerprint density at radius 2 is 1.94 bits per heavy atom. The van der Waals surface area contributed by atoms with Crippen molar-refractivity contribution in [3.05, 3.63) is 0 Å². The monoisotopic (exact) mass is 247 g/mol. The molecule has 1 rings (SSSR count). The fourth-order valence-electron chi connectivity index (χ4n) is 1.73. The summed E-state index contributed by atoms with van der Waals surface area (Å²) in [5.74, 6) is -0.376. The summed E-state index contributed by atoms with van der Waals surface area (Å²) in [5.41, 5.74) is 0. The van der Waals surface area contributed by atoms with Gasteiger partial charge in [0.1, 0.15) is 0 Å². The molecule has 0 aromatic carbocycles. The molecule has 4 nitrogen and oxygen atoms in total. The number of ether oxygens (including phenoxy) is 1. The van der Waals surface area contributed by atoms with E-state index < -0.39 is 16.1 Å². The van der Waals surface area contributed by atoms with Crippen molar-refractivity contribution in [2.75, 3.05) is 19.7 Å². The number of esters is 1. The molecular formula is C11H21NO3S. The fourth-order valence-corrected chi connectivity index (χ4v) is 3.17. The third kappa shape index (κ3) is 3.12. The molecule has 0 aromatic heterocycles. The van der Waals surface area contributed by atoms with E-state index in [0.717, 1.165) is 25.9 Å². The van der Waals surface area contributed by atoms with Crippen LogP contribution in [0.1, 0.15) is 40.0 Å². The van der Waals surface area contributed by atoms with Crippen molar-refractivity contribution in [2.24, 2.45) is 0 Å². The molecule has 0 N–H and O–H groups in total. The molecule has 1 fully saturated rings. The number of hydrogen-bond acceptors (Lipinski definition) is 4. The minimum Gasteiger partial charge on any atom is -0.597 e. The highest BCUT2D eigenvalue weighted by Gasteiger charge is 2.46. The molecular weight excluding hydrogens is 226 g/mol. The zero-order valence-electron chi connectivity index (χ0n) is 10.3. The van der Waals surface area contributed by atoms with Gasteiger partial charge < -0.3 is 9.29 Å². The van der Waals surface area contributed by atoms with Gasteiger partial charge in [0.25, 0.3) is 0 Å². The van der Waals surface area contributed by atoms with Crippen LogP contribution >= 0.6 is 0 Å². The molecule has 16 heavy (non-hydrogen) atoms. The van der Waals surface area contributed by atoms with Crippen molar-refractivity contribution >= 4 is 17.3 Å². The number of piperidine rings is 1. The molecule has 0 bridgehead atoms. The minimum absolute atomic E-state index is 0.333. The summed E-state index contributed by atoms with van der Waals surface area (Å²) in [5, 5.41) is 0. The van der Waals surface area contributed by atoms with E-state index in [1.165, 1.54) is 6.42 Å². The number of nitrogens with zero attached hydrogens (tertiary/aromatic N) is 1. The number of rotatable bonds is 4. The summed E-state index contributed by atoms with van der Waals surface area (Å²) in [4.78, 5) is 11.7. The van der Waals surface area contributed by atoms with Gasteiger partial charge >= 0.3 is 5.97 Å². The van der Waals surface area contributed by atoms with E-state index in [1.807, 2.05) is 4.31 Å². The van der Waals surface area contributed by atoms with E-state index in [-0.39, 0.29) is 5.97 Å². The minimum atomic E-state index is -1.29. The highest BCUT2D eigenvalue weighted by atomic mass is 32.2. The maximum Gasteiger partial charge on any atom is 0.364 e. The van der Waals surface area contributed by atoms with Crippen molar-refractivity contribution < 1.29 is 14.1 Å². The van der Waals surface area contributed by atoms with Gasteiger partial charge in [0.05, 0.1) is 18.0 Å². The molecule has 1 unspecified atom stereocenters. The van der Waals surface area contributed by atoms with Gasteiger partial charge in [-0.25, -0.2) is 4.79 Å². The predicted molar refractivity (Wildman–Crippen MR) is 64.3 cm³/mol. The van der Waals surface area contributed by atoms with Crippen molar-refractivity contribution in [1.29, 1.82) is 0 Å². The maximum atomic E-state index is 12.3. The standard InChI is InChI=1S/C11H21NO3S/c1-4-15-10(13)11(2,3)16(14)12-8-6-5-7-9-12/h4-9H2,1-3H3. The van der Waals surface area contributed by atoms with Crippen molar-refractivity contribution in [1.82, 2.24) is 4.31 Å². The van der Waals surface area contributed by atoms with Crippen LogP contribution in [0.3, 0.4) is 0 Å². The van der Waals surface area contributed by atoms with E-state index in [4.69, 9.17) is 4.74 Å². The molecule has 1 aliphatic rings. The summed E-state index contributed by atoms with van der Waals surface area (Å²) >= 11 is -1.29. The molecule has 0 aliphatic carbocycles. The summed E-state index contributed by atoms with van der Waals surface area (Å²) in [7, 11) is 0. The largest absolute Gasteiger partial charge is 0.597 e. The predicted octanol–water partition coefficient (Wildman–Crippen LogP) is 1.48. The Balaban J connectivity index is 2.61. The molecule has 1 aliphatic heterocycles. The summed E-state index contributed by atoms with van der Waals surface area (Å²) in [6.07, 6.45) is 3.31. The van der Waals surface area contributed by atoms with Crippen LogP contribution in [0.5, 0.6) is 0 Å².